The Morgan fingerprint density at radius 3 is 2.50 bits per heavy atom. The monoisotopic (exact) mass is 271 g/mol. The fourth-order valence-corrected chi connectivity index (χ4v) is 1.90. The number of carboxylic acid groups (broad SMARTS) is 1. The molecule has 4 nitrogen and oxygen atoms in total. The minimum absolute atomic E-state index is 0.263. The van der Waals surface area contributed by atoms with E-state index in [9.17, 15) is 9.90 Å². The smallest absolute Gasteiger partial charge is 0.337 e. The molecule has 0 aromatic heterocycles. The van der Waals surface area contributed by atoms with Crippen LogP contribution in [0.5, 0.6) is 5.75 Å². The number of ether oxygens (including phenoxy) is 1. The summed E-state index contributed by atoms with van der Waals surface area (Å²) in [4.78, 5) is 11.2. The molecule has 0 atom stereocenters. The Morgan fingerprint density at radius 2 is 1.90 bits per heavy atom. The van der Waals surface area contributed by atoms with E-state index in [1.165, 1.54) is 0 Å². The number of carbonyl (C=O) groups is 1. The Morgan fingerprint density at radius 1 is 1.20 bits per heavy atom. The zero-order valence-electron chi connectivity index (χ0n) is 11.5. The molecule has 2 aromatic carbocycles. The maximum atomic E-state index is 11.2. The lowest BCUT2D eigenvalue weighted by Crippen LogP contribution is -2.03. The number of hydrogen-bond donors (Lipinski definition) is 2. The fraction of sp³-hybridized carbons (Fsp3) is 0.188. The van der Waals surface area contributed by atoms with Gasteiger partial charge in [0.1, 0.15) is 5.75 Å². The van der Waals surface area contributed by atoms with Gasteiger partial charge in [-0.05, 0) is 50.2 Å². The topological polar surface area (TPSA) is 58.6 Å². The molecule has 0 radical (unpaired) electrons. The van der Waals surface area contributed by atoms with Gasteiger partial charge in [-0.15, -0.1) is 0 Å². The molecule has 0 aliphatic heterocycles. The van der Waals surface area contributed by atoms with Crippen molar-refractivity contribution in [1.29, 1.82) is 0 Å². The quantitative estimate of drug-likeness (QED) is 0.867. The van der Waals surface area contributed by atoms with Gasteiger partial charge in [0, 0.05) is 5.69 Å². The van der Waals surface area contributed by atoms with Gasteiger partial charge in [-0.25, -0.2) is 4.79 Å². The lowest BCUT2D eigenvalue weighted by atomic mass is 10.1. The molecule has 2 aromatic rings. The van der Waals surface area contributed by atoms with Crippen LogP contribution in [0.3, 0.4) is 0 Å². The van der Waals surface area contributed by atoms with Crippen LogP contribution in [0, 0.1) is 6.92 Å². The number of carboxylic acids is 1. The molecule has 0 bridgehead atoms. The van der Waals surface area contributed by atoms with E-state index in [1.54, 1.807) is 12.1 Å². The predicted molar refractivity (Wildman–Crippen MR) is 79.0 cm³/mol. The molecule has 0 saturated carbocycles. The van der Waals surface area contributed by atoms with Crippen LogP contribution in [0.2, 0.25) is 0 Å². The summed E-state index contributed by atoms with van der Waals surface area (Å²) in [6, 6.07) is 12.7. The van der Waals surface area contributed by atoms with Gasteiger partial charge in [-0.1, -0.05) is 11.6 Å². The van der Waals surface area contributed by atoms with Crippen LogP contribution < -0.4 is 10.1 Å². The highest BCUT2D eigenvalue weighted by Gasteiger charge is 2.10. The molecule has 0 fully saturated rings. The van der Waals surface area contributed by atoms with Crippen molar-refractivity contribution < 1.29 is 14.6 Å². The number of benzene rings is 2. The van der Waals surface area contributed by atoms with Crippen molar-refractivity contribution in [2.75, 3.05) is 11.9 Å². The number of hydrogen-bond acceptors (Lipinski definition) is 3. The maximum Gasteiger partial charge on any atom is 0.337 e. The molecule has 0 heterocycles. The van der Waals surface area contributed by atoms with E-state index >= 15 is 0 Å². The van der Waals surface area contributed by atoms with Crippen molar-refractivity contribution in [3.05, 3.63) is 53.6 Å². The molecule has 104 valence electrons. The highest BCUT2D eigenvalue weighted by atomic mass is 16.5. The van der Waals surface area contributed by atoms with Crippen LogP contribution >= 0.6 is 0 Å². The largest absolute Gasteiger partial charge is 0.494 e. The standard InChI is InChI=1S/C16H17NO3/c1-3-20-13-7-5-12(6-8-13)17-15-9-4-11(2)10-14(15)16(18)19/h4-10,17H,3H2,1-2H3,(H,18,19). The summed E-state index contributed by atoms with van der Waals surface area (Å²) in [5.74, 6) is -0.150. The number of nitrogens with one attached hydrogen (secondary N) is 1. The van der Waals surface area contributed by atoms with Crippen LogP contribution in [0.1, 0.15) is 22.8 Å². The Labute approximate surface area is 118 Å². The summed E-state index contributed by atoms with van der Waals surface area (Å²) in [6.45, 7) is 4.42. The highest BCUT2D eigenvalue weighted by molar-refractivity contribution is 5.95. The summed E-state index contributed by atoms with van der Waals surface area (Å²) in [5, 5.41) is 12.3. The van der Waals surface area contributed by atoms with E-state index < -0.39 is 5.97 Å². The van der Waals surface area contributed by atoms with Gasteiger partial charge in [-0.2, -0.15) is 0 Å². The Bertz CT molecular complexity index is 606. The number of aryl methyl sites for hydroxylation is 1. The van der Waals surface area contributed by atoms with E-state index in [2.05, 4.69) is 5.32 Å². The molecule has 0 aliphatic carbocycles. The van der Waals surface area contributed by atoms with Crippen molar-refractivity contribution in [2.24, 2.45) is 0 Å². The third kappa shape index (κ3) is 3.29. The minimum atomic E-state index is -0.942. The number of rotatable bonds is 5. The molecule has 0 saturated heterocycles. The van der Waals surface area contributed by atoms with Gasteiger partial charge in [0.05, 0.1) is 17.9 Å². The lowest BCUT2D eigenvalue weighted by molar-refractivity contribution is 0.0698. The first-order valence-corrected chi connectivity index (χ1v) is 6.44. The molecular weight excluding hydrogens is 254 g/mol. The minimum Gasteiger partial charge on any atom is -0.494 e. The summed E-state index contributed by atoms with van der Waals surface area (Å²) >= 11 is 0. The van der Waals surface area contributed by atoms with Gasteiger partial charge < -0.3 is 15.2 Å². The first kappa shape index (κ1) is 13.9. The van der Waals surface area contributed by atoms with Crippen molar-refractivity contribution in [1.82, 2.24) is 0 Å². The van der Waals surface area contributed by atoms with Crippen molar-refractivity contribution in [2.45, 2.75) is 13.8 Å². The zero-order chi connectivity index (χ0) is 14.5. The Balaban J connectivity index is 2.23. The van der Waals surface area contributed by atoms with Gasteiger partial charge in [-0.3, -0.25) is 0 Å². The maximum absolute atomic E-state index is 11.2. The first-order valence-electron chi connectivity index (χ1n) is 6.44. The van der Waals surface area contributed by atoms with E-state index in [-0.39, 0.29) is 5.56 Å². The van der Waals surface area contributed by atoms with Gasteiger partial charge in [0.15, 0.2) is 0 Å². The van der Waals surface area contributed by atoms with E-state index in [1.807, 2.05) is 44.2 Å². The van der Waals surface area contributed by atoms with Crippen molar-refractivity contribution >= 4 is 17.3 Å². The molecule has 0 spiro atoms. The van der Waals surface area contributed by atoms with Crippen LogP contribution in [0.15, 0.2) is 42.5 Å². The lowest BCUT2D eigenvalue weighted by Gasteiger charge is -2.11. The van der Waals surface area contributed by atoms with Gasteiger partial charge in [0.2, 0.25) is 0 Å². The molecule has 2 rings (SSSR count). The number of aromatic carboxylic acids is 1. The molecule has 20 heavy (non-hydrogen) atoms. The second-order valence-corrected chi connectivity index (χ2v) is 4.44. The van der Waals surface area contributed by atoms with Gasteiger partial charge in [0.25, 0.3) is 0 Å². The summed E-state index contributed by atoms with van der Waals surface area (Å²) in [5.41, 5.74) is 2.57. The van der Waals surface area contributed by atoms with E-state index in [4.69, 9.17) is 4.74 Å². The third-order valence-electron chi connectivity index (χ3n) is 2.85. The Kier molecular flexibility index (Phi) is 4.25. The highest BCUT2D eigenvalue weighted by Crippen LogP contribution is 2.24. The van der Waals surface area contributed by atoms with E-state index in [0.29, 0.717) is 12.3 Å². The fourth-order valence-electron chi connectivity index (χ4n) is 1.90. The Hall–Kier alpha value is -2.49. The van der Waals surface area contributed by atoms with Crippen LogP contribution in [0.25, 0.3) is 0 Å². The molecule has 0 aliphatic rings. The SMILES string of the molecule is CCOc1ccc(Nc2ccc(C)cc2C(=O)O)cc1. The molecule has 4 heteroatoms. The van der Waals surface area contributed by atoms with Crippen LogP contribution in [0.4, 0.5) is 11.4 Å². The summed E-state index contributed by atoms with van der Waals surface area (Å²) in [6.07, 6.45) is 0. The number of anilines is 2. The average Bonchev–Trinajstić information content (AvgIpc) is 2.43. The first-order chi connectivity index (χ1) is 9.60. The molecule has 2 N–H and O–H groups in total. The average molecular weight is 271 g/mol. The van der Waals surface area contributed by atoms with Crippen LogP contribution in [-0.4, -0.2) is 17.7 Å². The summed E-state index contributed by atoms with van der Waals surface area (Å²) < 4.78 is 5.37. The van der Waals surface area contributed by atoms with E-state index in [0.717, 1.165) is 17.0 Å². The van der Waals surface area contributed by atoms with Crippen molar-refractivity contribution in [3.63, 3.8) is 0 Å². The normalized spacial score (nSPS) is 10.1. The van der Waals surface area contributed by atoms with Crippen molar-refractivity contribution in [3.8, 4) is 5.75 Å². The summed E-state index contributed by atoms with van der Waals surface area (Å²) in [7, 11) is 0. The second-order valence-electron chi connectivity index (χ2n) is 4.44. The second kappa shape index (κ2) is 6.10. The predicted octanol–water partition coefficient (Wildman–Crippen LogP) is 3.84. The van der Waals surface area contributed by atoms with Crippen LogP contribution in [-0.2, 0) is 0 Å². The van der Waals surface area contributed by atoms with Gasteiger partial charge >= 0.3 is 5.97 Å². The molecule has 0 unspecified atom stereocenters. The zero-order valence-corrected chi connectivity index (χ0v) is 11.5. The molecular formula is C16H17NO3. The third-order valence-corrected chi connectivity index (χ3v) is 2.85. The molecule has 0 amide bonds.